The number of para-hydroxylation sites is 1. The molecule has 4 atom stereocenters. The normalized spacial score (nSPS) is 23.5. The maximum atomic E-state index is 14.2. The van der Waals surface area contributed by atoms with Gasteiger partial charge in [-0.1, -0.05) is 60.1 Å². The minimum absolute atomic E-state index is 0.0851. The van der Waals surface area contributed by atoms with Gasteiger partial charge in [0.15, 0.2) is 5.78 Å². The monoisotopic (exact) mass is 512 g/mol. The summed E-state index contributed by atoms with van der Waals surface area (Å²) in [7, 11) is 0. The van der Waals surface area contributed by atoms with Crippen LogP contribution in [0.3, 0.4) is 0 Å². The number of rotatable bonds is 5. The predicted octanol–water partition coefficient (Wildman–Crippen LogP) is 5.09. The smallest absolute Gasteiger partial charge is 0.170 e. The number of nitrogens with zero attached hydrogens (tertiary/aromatic N) is 3. The van der Waals surface area contributed by atoms with Crippen molar-refractivity contribution >= 4 is 23.2 Å². The maximum Gasteiger partial charge on any atom is 0.170 e. The first-order valence-electron chi connectivity index (χ1n) is 12.3. The summed E-state index contributed by atoms with van der Waals surface area (Å²) in [5, 5.41) is 8.34. The Labute approximate surface area is 219 Å². The Balaban J connectivity index is 1.40. The van der Waals surface area contributed by atoms with Crippen LogP contribution in [-0.4, -0.2) is 32.9 Å². The first kappa shape index (κ1) is 23.6. The van der Waals surface area contributed by atoms with E-state index in [1.807, 2.05) is 54.6 Å². The minimum atomic E-state index is -0.812. The van der Waals surface area contributed by atoms with E-state index in [-0.39, 0.29) is 24.0 Å². The molecular formula is C29H25ClN4O3. The zero-order chi connectivity index (χ0) is 25.4. The van der Waals surface area contributed by atoms with Crippen LogP contribution >= 0.6 is 11.6 Å². The van der Waals surface area contributed by atoms with Crippen LogP contribution in [-0.2, 0) is 16.0 Å². The molecule has 4 aromatic rings. The summed E-state index contributed by atoms with van der Waals surface area (Å²) >= 11 is 6.16. The van der Waals surface area contributed by atoms with Crippen molar-refractivity contribution < 1.29 is 14.3 Å². The molecule has 0 saturated heterocycles. The number of carbonyl (C=O) groups is 2. The van der Waals surface area contributed by atoms with Crippen LogP contribution < -0.4 is 10.1 Å². The Morgan fingerprint density at radius 3 is 2.59 bits per heavy atom. The van der Waals surface area contributed by atoms with E-state index in [0.717, 1.165) is 17.5 Å². The van der Waals surface area contributed by atoms with Gasteiger partial charge in [0.2, 0.25) is 0 Å². The van der Waals surface area contributed by atoms with Gasteiger partial charge in [-0.05, 0) is 48.4 Å². The minimum Gasteiger partial charge on any atom is -0.457 e. The van der Waals surface area contributed by atoms with Gasteiger partial charge in [0.25, 0.3) is 0 Å². The van der Waals surface area contributed by atoms with E-state index in [1.54, 1.807) is 23.1 Å². The topological polar surface area (TPSA) is 86.1 Å². The van der Waals surface area contributed by atoms with E-state index in [9.17, 15) is 9.59 Å². The summed E-state index contributed by atoms with van der Waals surface area (Å²) in [6.45, 7) is 0.715. The molecule has 3 aromatic carbocycles. The molecule has 1 N–H and O–H groups in total. The third kappa shape index (κ3) is 4.45. The number of hydrogen-bond acceptors (Lipinski definition) is 6. The number of fused-ring (bicyclic) bond motifs is 1. The van der Waals surface area contributed by atoms with Gasteiger partial charge < -0.3 is 10.1 Å². The molecule has 186 valence electrons. The first-order chi connectivity index (χ1) is 18.1. The fourth-order valence-corrected chi connectivity index (χ4v) is 5.85. The van der Waals surface area contributed by atoms with Crippen LogP contribution in [0.4, 0.5) is 0 Å². The van der Waals surface area contributed by atoms with E-state index in [2.05, 4.69) is 21.5 Å². The standard InChI is InChI=1S/C29H25ClN4O3/c30-19-7-5-8-20(14-19)37-25-11-4-3-10-22(25)23-15-24(35)26(29(36)28(23)34-17-31-16-33-34)27-21-9-2-1-6-18(21)12-13-32-27/h1-11,14,16-17,23,26-28,32H,12-13,15H2/t23-,26-,27+,28+/m0/s1. The van der Waals surface area contributed by atoms with Crippen molar-refractivity contribution in [2.45, 2.75) is 30.8 Å². The molecule has 0 radical (unpaired) electrons. The lowest BCUT2D eigenvalue weighted by Crippen LogP contribution is -2.49. The number of benzene rings is 3. The van der Waals surface area contributed by atoms with E-state index >= 15 is 0 Å². The number of aromatic nitrogens is 3. The van der Waals surface area contributed by atoms with Crippen LogP contribution in [0.15, 0.2) is 85.5 Å². The molecule has 0 amide bonds. The molecule has 0 bridgehead atoms. The summed E-state index contributed by atoms with van der Waals surface area (Å²) in [5.41, 5.74) is 2.95. The summed E-state index contributed by atoms with van der Waals surface area (Å²) in [6, 6.07) is 21.6. The highest BCUT2D eigenvalue weighted by Crippen LogP contribution is 2.46. The molecule has 1 aliphatic carbocycles. The van der Waals surface area contributed by atoms with Crippen LogP contribution in [0.5, 0.6) is 11.5 Å². The zero-order valence-electron chi connectivity index (χ0n) is 20.0. The number of ketones is 2. The molecule has 8 heteroatoms. The number of nitrogens with one attached hydrogen (secondary N) is 1. The highest BCUT2D eigenvalue weighted by Gasteiger charge is 2.49. The molecule has 2 aliphatic rings. The van der Waals surface area contributed by atoms with Gasteiger partial charge in [0, 0.05) is 29.0 Å². The largest absolute Gasteiger partial charge is 0.457 e. The molecule has 37 heavy (non-hydrogen) atoms. The van der Waals surface area contributed by atoms with Crippen molar-refractivity contribution in [1.29, 1.82) is 0 Å². The van der Waals surface area contributed by atoms with Crippen molar-refractivity contribution in [1.82, 2.24) is 20.1 Å². The second-order valence-corrected chi connectivity index (χ2v) is 9.89. The Morgan fingerprint density at radius 1 is 0.973 bits per heavy atom. The Kier molecular flexibility index (Phi) is 6.32. The first-order valence-corrected chi connectivity index (χ1v) is 12.7. The van der Waals surface area contributed by atoms with Crippen molar-refractivity contribution in [3.8, 4) is 11.5 Å². The molecule has 1 saturated carbocycles. The highest BCUT2D eigenvalue weighted by molar-refractivity contribution is 6.30. The molecular weight excluding hydrogens is 488 g/mol. The van der Waals surface area contributed by atoms with Crippen LogP contribution in [0.1, 0.15) is 41.1 Å². The summed E-state index contributed by atoms with van der Waals surface area (Å²) in [5.74, 6) is -0.386. The lowest BCUT2D eigenvalue weighted by Gasteiger charge is -2.39. The van der Waals surface area contributed by atoms with Gasteiger partial charge in [0.05, 0.1) is 5.92 Å². The number of hydrogen-bond donors (Lipinski definition) is 1. The molecule has 1 aromatic heterocycles. The lowest BCUT2D eigenvalue weighted by atomic mass is 9.69. The summed E-state index contributed by atoms with van der Waals surface area (Å²) in [6.07, 6.45) is 4.01. The highest BCUT2D eigenvalue weighted by atomic mass is 35.5. The van der Waals surface area contributed by atoms with E-state index in [4.69, 9.17) is 16.3 Å². The molecule has 0 unspecified atom stereocenters. The molecule has 2 heterocycles. The summed E-state index contributed by atoms with van der Waals surface area (Å²) < 4.78 is 7.79. The van der Waals surface area contributed by atoms with Gasteiger partial charge in [-0.15, -0.1) is 0 Å². The van der Waals surface area contributed by atoms with E-state index in [1.165, 1.54) is 11.9 Å². The Hall–Kier alpha value is -3.81. The Morgan fingerprint density at radius 2 is 1.78 bits per heavy atom. The quantitative estimate of drug-likeness (QED) is 0.375. The molecule has 1 fully saturated rings. The molecule has 0 spiro atoms. The average Bonchev–Trinajstić information content (AvgIpc) is 3.43. The van der Waals surface area contributed by atoms with E-state index < -0.39 is 17.9 Å². The fraction of sp³-hybridized carbons (Fsp3) is 0.241. The van der Waals surface area contributed by atoms with Crippen LogP contribution in [0.2, 0.25) is 5.02 Å². The van der Waals surface area contributed by atoms with Crippen molar-refractivity contribution in [2.75, 3.05) is 6.54 Å². The Bertz CT molecular complexity index is 1460. The van der Waals surface area contributed by atoms with Crippen molar-refractivity contribution in [2.24, 2.45) is 5.92 Å². The van der Waals surface area contributed by atoms with Gasteiger partial charge in [-0.2, -0.15) is 5.10 Å². The van der Waals surface area contributed by atoms with Gasteiger partial charge >= 0.3 is 0 Å². The maximum absolute atomic E-state index is 14.2. The molecule has 1 aliphatic heterocycles. The SMILES string of the molecule is O=C1C[C@@H](c2ccccc2Oc2cccc(Cl)c2)[C@@H](n2cncn2)C(=O)[C@@H]1[C@@H]1NCCc2ccccc21. The van der Waals surface area contributed by atoms with Crippen LogP contribution in [0, 0.1) is 5.92 Å². The number of ether oxygens (including phenoxy) is 1. The number of halogens is 1. The third-order valence-corrected chi connectivity index (χ3v) is 7.53. The summed E-state index contributed by atoms with van der Waals surface area (Å²) in [4.78, 5) is 32.1. The fourth-order valence-electron chi connectivity index (χ4n) is 5.67. The van der Waals surface area contributed by atoms with Gasteiger partial charge in [-0.3, -0.25) is 9.59 Å². The number of Topliss-reactive ketones (excluding diaryl/α,β-unsaturated/α-hetero) is 2. The lowest BCUT2D eigenvalue weighted by molar-refractivity contribution is -0.141. The van der Waals surface area contributed by atoms with Gasteiger partial charge in [-0.25, -0.2) is 9.67 Å². The zero-order valence-corrected chi connectivity index (χ0v) is 20.7. The van der Waals surface area contributed by atoms with Crippen molar-refractivity contribution in [3.63, 3.8) is 0 Å². The molecule has 7 nitrogen and oxygen atoms in total. The second kappa shape index (κ2) is 9.92. The van der Waals surface area contributed by atoms with E-state index in [0.29, 0.717) is 23.1 Å². The van der Waals surface area contributed by atoms with Crippen molar-refractivity contribution in [3.05, 3.63) is 107 Å². The third-order valence-electron chi connectivity index (χ3n) is 7.29. The molecule has 6 rings (SSSR count). The second-order valence-electron chi connectivity index (χ2n) is 9.46. The van der Waals surface area contributed by atoms with Gasteiger partial charge in [0.1, 0.15) is 36.0 Å². The average molecular weight is 513 g/mol. The van der Waals surface area contributed by atoms with Crippen LogP contribution in [0.25, 0.3) is 0 Å². The number of carbonyl (C=O) groups excluding carboxylic acids is 2. The predicted molar refractivity (Wildman–Crippen MR) is 139 cm³/mol.